The second-order valence-corrected chi connectivity index (χ2v) is 4.91. The maximum atomic E-state index is 9.00. The molecule has 1 saturated carbocycles. The molecular formula is C15H20N2O. The average molecular weight is 244 g/mol. The average Bonchev–Trinajstić information content (AvgIpc) is 2.40. The molecule has 1 aliphatic carbocycles. The summed E-state index contributed by atoms with van der Waals surface area (Å²) in [4.78, 5) is 2.08. The van der Waals surface area contributed by atoms with Crippen LogP contribution < -0.4 is 4.90 Å². The maximum absolute atomic E-state index is 9.00. The Morgan fingerprint density at radius 3 is 2.39 bits per heavy atom. The van der Waals surface area contributed by atoms with Gasteiger partial charge in [0.05, 0.1) is 5.71 Å². The van der Waals surface area contributed by atoms with Crippen LogP contribution in [0.1, 0.15) is 31.2 Å². The molecule has 1 fully saturated rings. The summed E-state index contributed by atoms with van der Waals surface area (Å²) < 4.78 is 0. The van der Waals surface area contributed by atoms with Crippen LogP contribution in [0.3, 0.4) is 0 Å². The first kappa shape index (κ1) is 12.7. The molecule has 1 N–H and O–H groups in total. The number of hydrogen-bond donors (Lipinski definition) is 1. The molecule has 1 aromatic rings. The van der Waals surface area contributed by atoms with E-state index in [1.54, 1.807) is 0 Å². The van der Waals surface area contributed by atoms with Gasteiger partial charge in [-0.2, -0.15) is 0 Å². The van der Waals surface area contributed by atoms with E-state index >= 15 is 0 Å². The summed E-state index contributed by atoms with van der Waals surface area (Å²) in [5.74, 6) is 0. The van der Waals surface area contributed by atoms with Crippen molar-refractivity contribution in [3.05, 3.63) is 35.4 Å². The Labute approximate surface area is 108 Å². The molecule has 0 saturated heterocycles. The largest absolute Gasteiger partial charge is 0.411 e. The van der Waals surface area contributed by atoms with Crippen LogP contribution in [-0.4, -0.2) is 25.0 Å². The molecular weight excluding hydrogens is 224 g/mol. The highest BCUT2D eigenvalue weighted by Gasteiger charge is 2.13. The molecule has 1 aromatic carbocycles. The van der Waals surface area contributed by atoms with Gasteiger partial charge in [0.25, 0.3) is 0 Å². The molecule has 0 amide bonds. The lowest BCUT2D eigenvalue weighted by molar-refractivity contribution is 0.316. The summed E-state index contributed by atoms with van der Waals surface area (Å²) >= 11 is 0. The summed E-state index contributed by atoms with van der Waals surface area (Å²) in [5.41, 5.74) is 4.37. The summed E-state index contributed by atoms with van der Waals surface area (Å²) in [5, 5.41) is 12.4. The monoisotopic (exact) mass is 244 g/mol. The van der Waals surface area contributed by atoms with Crippen LogP contribution in [0, 0.1) is 0 Å². The SMILES string of the molecule is CN(C)c1ccc(C=C2CCCC/C2=N/O)cc1. The summed E-state index contributed by atoms with van der Waals surface area (Å²) in [6.45, 7) is 0. The zero-order valence-electron chi connectivity index (χ0n) is 11.1. The fraction of sp³-hybridized carbons (Fsp3) is 0.400. The number of benzene rings is 1. The van der Waals surface area contributed by atoms with Crippen molar-refractivity contribution < 1.29 is 5.21 Å². The van der Waals surface area contributed by atoms with E-state index in [0.29, 0.717) is 0 Å². The molecule has 0 bridgehead atoms. The summed E-state index contributed by atoms with van der Waals surface area (Å²) in [7, 11) is 4.07. The van der Waals surface area contributed by atoms with Gasteiger partial charge in [0.1, 0.15) is 0 Å². The minimum Gasteiger partial charge on any atom is -0.411 e. The van der Waals surface area contributed by atoms with Crippen LogP contribution in [-0.2, 0) is 0 Å². The molecule has 96 valence electrons. The molecule has 3 nitrogen and oxygen atoms in total. The molecule has 18 heavy (non-hydrogen) atoms. The topological polar surface area (TPSA) is 35.8 Å². The van der Waals surface area contributed by atoms with Crippen LogP contribution >= 0.6 is 0 Å². The zero-order valence-corrected chi connectivity index (χ0v) is 11.1. The normalized spacial score (nSPS) is 20.3. The van der Waals surface area contributed by atoms with Crippen molar-refractivity contribution in [2.75, 3.05) is 19.0 Å². The van der Waals surface area contributed by atoms with E-state index in [9.17, 15) is 0 Å². The Kier molecular flexibility index (Phi) is 4.03. The third kappa shape index (κ3) is 2.92. The molecule has 0 radical (unpaired) electrons. The number of oxime groups is 1. The van der Waals surface area contributed by atoms with Crippen LogP contribution in [0.15, 0.2) is 35.0 Å². The number of anilines is 1. The van der Waals surface area contributed by atoms with Crippen molar-refractivity contribution in [2.24, 2.45) is 5.16 Å². The third-order valence-corrected chi connectivity index (χ3v) is 3.35. The zero-order chi connectivity index (χ0) is 13.0. The minimum absolute atomic E-state index is 0.845. The van der Waals surface area contributed by atoms with Gasteiger partial charge in [0.15, 0.2) is 0 Å². The first-order chi connectivity index (χ1) is 8.70. The van der Waals surface area contributed by atoms with Gasteiger partial charge < -0.3 is 10.1 Å². The smallest absolute Gasteiger partial charge is 0.0827 e. The van der Waals surface area contributed by atoms with Crippen LogP contribution in [0.5, 0.6) is 0 Å². The summed E-state index contributed by atoms with van der Waals surface area (Å²) in [6.07, 6.45) is 6.33. The van der Waals surface area contributed by atoms with E-state index in [2.05, 4.69) is 40.4 Å². The third-order valence-electron chi connectivity index (χ3n) is 3.35. The van der Waals surface area contributed by atoms with Gasteiger partial charge in [-0.1, -0.05) is 17.3 Å². The quantitative estimate of drug-likeness (QED) is 0.638. The Hall–Kier alpha value is -1.77. The number of hydrogen-bond acceptors (Lipinski definition) is 3. The van der Waals surface area contributed by atoms with Crippen LogP contribution in [0.4, 0.5) is 5.69 Å². The van der Waals surface area contributed by atoms with Crippen LogP contribution in [0.25, 0.3) is 6.08 Å². The number of allylic oxidation sites excluding steroid dienone is 1. The van der Waals surface area contributed by atoms with E-state index in [-0.39, 0.29) is 0 Å². The van der Waals surface area contributed by atoms with Gasteiger partial charge >= 0.3 is 0 Å². The molecule has 3 heteroatoms. The van der Waals surface area contributed by atoms with Crippen molar-refractivity contribution >= 4 is 17.5 Å². The van der Waals surface area contributed by atoms with E-state index in [0.717, 1.165) is 25.0 Å². The molecule has 0 heterocycles. The molecule has 0 aliphatic heterocycles. The second kappa shape index (κ2) is 5.71. The molecule has 0 aromatic heterocycles. The Morgan fingerprint density at radius 1 is 1.11 bits per heavy atom. The van der Waals surface area contributed by atoms with Crippen molar-refractivity contribution in [2.45, 2.75) is 25.7 Å². The predicted molar refractivity (Wildman–Crippen MR) is 76.4 cm³/mol. The van der Waals surface area contributed by atoms with Gasteiger partial charge in [-0.15, -0.1) is 0 Å². The van der Waals surface area contributed by atoms with Gasteiger partial charge in [-0.25, -0.2) is 0 Å². The van der Waals surface area contributed by atoms with Crippen molar-refractivity contribution in [3.8, 4) is 0 Å². The van der Waals surface area contributed by atoms with E-state index in [1.807, 2.05) is 14.1 Å². The first-order valence-corrected chi connectivity index (χ1v) is 6.40. The Bertz CT molecular complexity index is 458. The number of rotatable bonds is 2. The summed E-state index contributed by atoms with van der Waals surface area (Å²) in [6, 6.07) is 8.41. The fourth-order valence-electron chi connectivity index (χ4n) is 2.25. The molecule has 1 aliphatic rings. The lowest BCUT2D eigenvalue weighted by Crippen LogP contribution is -2.09. The maximum Gasteiger partial charge on any atom is 0.0827 e. The molecule has 0 spiro atoms. The second-order valence-electron chi connectivity index (χ2n) is 4.91. The first-order valence-electron chi connectivity index (χ1n) is 6.40. The Balaban J connectivity index is 2.21. The minimum atomic E-state index is 0.845. The van der Waals surface area contributed by atoms with Crippen molar-refractivity contribution in [3.63, 3.8) is 0 Å². The lowest BCUT2D eigenvalue weighted by atomic mass is 9.91. The number of nitrogens with zero attached hydrogens (tertiary/aromatic N) is 2. The van der Waals surface area contributed by atoms with Gasteiger partial charge in [-0.05, 0) is 55.0 Å². The van der Waals surface area contributed by atoms with Gasteiger partial charge in [-0.3, -0.25) is 0 Å². The van der Waals surface area contributed by atoms with E-state index in [1.165, 1.54) is 23.2 Å². The lowest BCUT2D eigenvalue weighted by Gasteiger charge is -2.16. The fourth-order valence-corrected chi connectivity index (χ4v) is 2.25. The standard InChI is InChI=1S/C15H20N2O/c1-17(2)14-9-7-12(8-10-14)11-13-5-3-4-6-15(13)16-18/h7-11,18H,3-6H2,1-2H3/b13-11?,16-15-. The Morgan fingerprint density at radius 2 is 1.78 bits per heavy atom. The molecule has 0 unspecified atom stereocenters. The van der Waals surface area contributed by atoms with Gasteiger partial charge in [0, 0.05) is 19.8 Å². The van der Waals surface area contributed by atoms with Crippen molar-refractivity contribution in [1.29, 1.82) is 0 Å². The highest BCUT2D eigenvalue weighted by molar-refractivity contribution is 6.03. The predicted octanol–water partition coefficient (Wildman–Crippen LogP) is 3.54. The highest BCUT2D eigenvalue weighted by atomic mass is 16.4. The molecule has 0 atom stereocenters. The van der Waals surface area contributed by atoms with Gasteiger partial charge in [0.2, 0.25) is 0 Å². The van der Waals surface area contributed by atoms with Crippen LogP contribution in [0.2, 0.25) is 0 Å². The molecule has 2 rings (SSSR count). The highest BCUT2D eigenvalue weighted by Crippen LogP contribution is 2.24. The van der Waals surface area contributed by atoms with E-state index in [4.69, 9.17) is 5.21 Å². The van der Waals surface area contributed by atoms with Crippen molar-refractivity contribution in [1.82, 2.24) is 0 Å². The van der Waals surface area contributed by atoms with E-state index < -0.39 is 0 Å².